The number of furan rings is 1. The Morgan fingerprint density at radius 3 is 3.10 bits per heavy atom. The quantitative estimate of drug-likeness (QED) is 0.875. The highest BCUT2D eigenvalue weighted by atomic mass is 19.1. The zero-order valence-corrected chi connectivity index (χ0v) is 11.7. The standard InChI is InChI=1S/C16H16FNO3/c1-20-16(19)12-9-10(17)5-6-14(12)18-13-3-2-4-15-11(13)7-8-21-15/h5-9,13,18H,2-4H2,1H3. The van der Waals surface area contributed by atoms with Crippen molar-refractivity contribution in [2.24, 2.45) is 0 Å². The van der Waals surface area contributed by atoms with Crippen LogP contribution < -0.4 is 5.32 Å². The molecule has 21 heavy (non-hydrogen) atoms. The minimum Gasteiger partial charge on any atom is -0.469 e. The average molecular weight is 289 g/mol. The first kappa shape index (κ1) is 13.7. The average Bonchev–Trinajstić information content (AvgIpc) is 2.97. The normalized spacial score (nSPS) is 17.1. The summed E-state index contributed by atoms with van der Waals surface area (Å²) in [6.45, 7) is 0. The number of anilines is 1. The first-order valence-electron chi connectivity index (χ1n) is 6.89. The summed E-state index contributed by atoms with van der Waals surface area (Å²) >= 11 is 0. The van der Waals surface area contributed by atoms with Gasteiger partial charge in [0.1, 0.15) is 11.6 Å². The van der Waals surface area contributed by atoms with E-state index in [1.165, 1.54) is 19.2 Å². The van der Waals surface area contributed by atoms with Gasteiger partial charge in [0, 0.05) is 17.7 Å². The van der Waals surface area contributed by atoms with Gasteiger partial charge in [-0.3, -0.25) is 0 Å². The first-order valence-corrected chi connectivity index (χ1v) is 6.89. The van der Waals surface area contributed by atoms with Crippen molar-refractivity contribution < 1.29 is 18.3 Å². The van der Waals surface area contributed by atoms with Crippen LogP contribution in [0.5, 0.6) is 0 Å². The van der Waals surface area contributed by atoms with Gasteiger partial charge < -0.3 is 14.5 Å². The van der Waals surface area contributed by atoms with Crippen molar-refractivity contribution in [2.45, 2.75) is 25.3 Å². The number of benzene rings is 1. The van der Waals surface area contributed by atoms with E-state index in [2.05, 4.69) is 5.32 Å². The van der Waals surface area contributed by atoms with E-state index in [0.29, 0.717) is 5.69 Å². The van der Waals surface area contributed by atoms with Gasteiger partial charge in [0.05, 0.1) is 25.0 Å². The Bertz CT molecular complexity index is 665. The van der Waals surface area contributed by atoms with E-state index >= 15 is 0 Å². The summed E-state index contributed by atoms with van der Waals surface area (Å²) in [5.41, 5.74) is 1.87. The number of hydrogen-bond acceptors (Lipinski definition) is 4. The lowest BCUT2D eigenvalue weighted by Gasteiger charge is -2.24. The lowest BCUT2D eigenvalue weighted by Crippen LogP contribution is -2.18. The number of hydrogen-bond donors (Lipinski definition) is 1. The van der Waals surface area contributed by atoms with Gasteiger partial charge in [-0.2, -0.15) is 0 Å². The summed E-state index contributed by atoms with van der Waals surface area (Å²) in [6.07, 6.45) is 4.54. The van der Waals surface area contributed by atoms with E-state index in [0.717, 1.165) is 30.6 Å². The Morgan fingerprint density at radius 2 is 2.29 bits per heavy atom. The van der Waals surface area contributed by atoms with Crippen LogP contribution in [0.25, 0.3) is 0 Å². The molecule has 1 N–H and O–H groups in total. The Hall–Kier alpha value is -2.30. The molecule has 1 unspecified atom stereocenters. The number of carbonyl (C=O) groups excluding carboxylic acids is 1. The summed E-state index contributed by atoms with van der Waals surface area (Å²) in [6, 6.07) is 6.08. The van der Waals surface area contributed by atoms with E-state index < -0.39 is 11.8 Å². The Labute approximate surface area is 121 Å². The van der Waals surface area contributed by atoms with Crippen molar-refractivity contribution in [2.75, 3.05) is 12.4 Å². The second-order valence-electron chi connectivity index (χ2n) is 5.07. The Kier molecular flexibility index (Phi) is 3.64. The molecule has 0 spiro atoms. The SMILES string of the molecule is COC(=O)c1cc(F)ccc1NC1CCCc2occc21. The summed E-state index contributed by atoms with van der Waals surface area (Å²) in [5, 5.41) is 3.31. The second-order valence-corrected chi connectivity index (χ2v) is 5.07. The molecule has 2 aromatic rings. The molecule has 0 amide bonds. The third-order valence-corrected chi connectivity index (χ3v) is 3.77. The van der Waals surface area contributed by atoms with Gasteiger partial charge in [0.15, 0.2) is 0 Å². The third-order valence-electron chi connectivity index (χ3n) is 3.77. The number of aryl methyl sites for hydroxylation is 1. The van der Waals surface area contributed by atoms with E-state index in [1.807, 2.05) is 6.07 Å². The molecule has 1 aromatic heterocycles. The number of carbonyl (C=O) groups is 1. The van der Waals surface area contributed by atoms with Crippen molar-refractivity contribution in [3.05, 3.63) is 53.2 Å². The molecule has 3 rings (SSSR count). The van der Waals surface area contributed by atoms with E-state index in [1.54, 1.807) is 12.3 Å². The summed E-state index contributed by atoms with van der Waals surface area (Å²) in [4.78, 5) is 11.8. The van der Waals surface area contributed by atoms with Crippen LogP contribution in [-0.4, -0.2) is 13.1 Å². The lowest BCUT2D eigenvalue weighted by molar-refractivity contribution is 0.0601. The molecule has 0 saturated carbocycles. The van der Waals surface area contributed by atoms with E-state index in [4.69, 9.17) is 9.15 Å². The number of ether oxygens (including phenoxy) is 1. The monoisotopic (exact) mass is 289 g/mol. The van der Waals surface area contributed by atoms with Crippen LogP contribution in [-0.2, 0) is 11.2 Å². The first-order chi connectivity index (χ1) is 10.2. The Morgan fingerprint density at radius 1 is 1.43 bits per heavy atom. The van der Waals surface area contributed by atoms with Crippen LogP contribution in [0.1, 0.15) is 40.6 Å². The maximum atomic E-state index is 13.4. The molecule has 4 nitrogen and oxygen atoms in total. The molecule has 0 saturated heterocycles. The maximum Gasteiger partial charge on any atom is 0.340 e. The van der Waals surface area contributed by atoms with Gasteiger partial charge in [-0.1, -0.05) is 0 Å². The molecule has 1 heterocycles. The molecule has 1 aliphatic carbocycles. The van der Waals surface area contributed by atoms with Crippen molar-refractivity contribution in [3.63, 3.8) is 0 Å². The van der Waals surface area contributed by atoms with E-state index in [9.17, 15) is 9.18 Å². The van der Waals surface area contributed by atoms with Crippen LogP contribution in [0, 0.1) is 5.82 Å². The number of esters is 1. The predicted molar refractivity (Wildman–Crippen MR) is 75.7 cm³/mol. The number of rotatable bonds is 3. The van der Waals surface area contributed by atoms with E-state index in [-0.39, 0.29) is 11.6 Å². The van der Waals surface area contributed by atoms with Crippen LogP contribution in [0.4, 0.5) is 10.1 Å². The number of nitrogens with one attached hydrogen (secondary N) is 1. The van der Waals surface area contributed by atoms with Crippen LogP contribution in [0.3, 0.4) is 0 Å². The highest BCUT2D eigenvalue weighted by Gasteiger charge is 2.24. The van der Waals surface area contributed by atoms with Gasteiger partial charge in [-0.15, -0.1) is 0 Å². The number of methoxy groups -OCH3 is 1. The smallest absolute Gasteiger partial charge is 0.340 e. The molecule has 0 aliphatic heterocycles. The van der Waals surface area contributed by atoms with Gasteiger partial charge in [0.2, 0.25) is 0 Å². The lowest BCUT2D eigenvalue weighted by atomic mass is 9.93. The van der Waals surface area contributed by atoms with Crippen molar-refractivity contribution in [3.8, 4) is 0 Å². The molecule has 1 atom stereocenters. The molecule has 0 fully saturated rings. The predicted octanol–water partition coefficient (Wildman–Crippen LogP) is 3.69. The zero-order valence-electron chi connectivity index (χ0n) is 11.7. The van der Waals surface area contributed by atoms with Gasteiger partial charge >= 0.3 is 5.97 Å². The summed E-state index contributed by atoms with van der Waals surface area (Å²) in [7, 11) is 1.28. The molecule has 5 heteroatoms. The van der Waals surface area contributed by atoms with Crippen LogP contribution in [0.2, 0.25) is 0 Å². The fourth-order valence-corrected chi connectivity index (χ4v) is 2.75. The highest BCUT2D eigenvalue weighted by Crippen LogP contribution is 2.34. The topological polar surface area (TPSA) is 51.5 Å². The van der Waals surface area contributed by atoms with Crippen molar-refractivity contribution >= 4 is 11.7 Å². The Balaban J connectivity index is 1.91. The minimum atomic E-state index is -0.555. The van der Waals surface area contributed by atoms with Crippen LogP contribution >= 0.6 is 0 Å². The molecule has 1 aromatic carbocycles. The fourth-order valence-electron chi connectivity index (χ4n) is 2.75. The molecule has 0 radical (unpaired) electrons. The molecule has 0 bridgehead atoms. The zero-order chi connectivity index (χ0) is 14.8. The minimum absolute atomic E-state index is 0.0568. The number of fused-ring (bicyclic) bond motifs is 1. The van der Waals surface area contributed by atoms with Crippen LogP contribution in [0.15, 0.2) is 34.9 Å². The highest BCUT2D eigenvalue weighted by molar-refractivity contribution is 5.95. The molecular weight excluding hydrogens is 273 g/mol. The van der Waals surface area contributed by atoms with Crippen molar-refractivity contribution in [1.82, 2.24) is 0 Å². The third kappa shape index (κ3) is 2.63. The second kappa shape index (κ2) is 5.60. The summed E-state index contributed by atoms with van der Waals surface area (Å²) in [5.74, 6) is -0.0469. The van der Waals surface area contributed by atoms with Gasteiger partial charge in [0.25, 0.3) is 0 Å². The van der Waals surface area contributed by atoms with Crippen molar-refractivity contribution in [1.29, 1.82) is 0 Å². The fraction of sp³-hybridized carbons (Fsp3) is 0.312. The molecule has 110 valence electrons. The maximum absolute atomic E-state index is 13.4. The summed E-state index contributed by atoms with van der Waals surface area (Å²) < 4.78 is 23.5. The molecule has 1 aliphatic rings. The van der Waals surface area contributed by atoms with Gasteiger partial charge in [-0.05, 0) is 37.1 Å². The largest absolute Gasteiger partial charge is 0.469 e. The molecular formula is C16H16FNO3. The van der Waals surface area contributed by atoms with Gasteiger partial charge in [-0.25, -0.2) is 9.18 Å². The number of halogens is 1.